The molecule has 14 heteroatoms. The van der Waals surface area contributed by atoms with Crippen LogP contribution in [0.4, 0.5) is 26.0 Å². The van der Waals surface area contributed by atoms with E-state index in [2.05, 4.69) is 14.6 Å². The standard InChI is InChI=1S/C32H40F2N6O4S.H3N/c1-30(2,13-19-41)45(43,44)38-23-6-5-22(28(35)42)27(39-15-9-31(7-8-31)10-16-39)25(23)24-20-21-4-3-14-36-26(21)29(37-24)40-17-11-32(33,34)12-18-40;/h3-6,14,20,38,41H,7-13,15-19H2,1-2H3,(H2,35,42);1H3. The lowest BCUT2D eigenvalue weighted by Crippen LogP contribution is -2.40. The minimum atomic E-state index is -4.06. The summed E-state index contributed by atoms with van der Waals surface area (Å²) in [5.74, 6) is -3.01. The van der Waals surface area contributed by atoms with Gasteiger partial charge in [-0.25, -0.2) is 22.2 Å². The molecule has 1 aromatic carbocycles. The third-order valence-electron chi connectivity index (χ3n) is 9.85. The SMILES string of the molecule is CC(C)(CCO)S(=O)(=O)Nc1ccc(C(N)=O)c(N2CCC3(CC2)CC3)c1-c1cc2cccnc2c(N2CCC(F)(F)CC2)n1.N. The monoisotopic (exact) mass is 659 g/mol. The van der Waals surface area contributed by atoms with Crippen LogP contribution in [-0.2, 0) is 10.0 Å². The summed E-state index contributed by atoms with van der Waals surface area (Å²) in [7, 11) is -4.06. The summed E-state index contributed by atoms with van der Waals surface area (Å²) in [6, 6.07) is 8.46. The van der Waals surface area contributed by atoms with E-state index < -0.39 is 26.6 Å². The Morgan fingerprint density at radius 1 is 1.04 bits per heavy atom. The molecule has 7 N–H and O–H groups in total. The largest absolute Gasteiger partial charge is 0.396 e. The van der Waals surface area contributed by atoms with Crippen LogP contribution in [0.3, 0.4) is 0 Å². The van der Waals surface area contributed by atoms with Crippen molar-refractivity contribution in [1.82, 2.24) is 16.1 Å². The van der Waals surface area contributed by atoms with Gasteiger partial charge in [0.1, 0.15) is 5.52 Å². The van der Waals surface area contributed by atoms with Gasteiger partial charge in [-0.05, 0) is 75.6 Å². The Morgan fingerprint density at radius 2 is 1.70 bits per heavy atom. The van der Waals surface area contributed by atoms with Crippen molar-refractivity contribution in [2.45, 2.75) is 69.5 Å². The first-order valence-electron chi connectivity index (χ1n) is 15.5. The number of benzene rings is 1. The summed E-state index contributed by atoms with van der Waals surface area (Å²) < 4.78 is 57.2. The molecule has 1 spiro atoms. The number of nitrogens with one attached hydrogen (secondary N) is 1. The zero-order valence-electron chi connectivity index (χ0n) is 26.4. The van der Waals surface area contributed by atoms with Crippen LogP contribution in [0.5, 0.6) is 0 Å². The summed E-state index contributed by atoms with van der Waals surface area (Å²) in [4.78, 5) is 26.3. The van der Waals surface area contributed by atoms with Crippen molar-refractivity contribution in [2.75, 3.05) is 47.3 Å². The van der Waals surface area contributed by atoms with Crippen molar-refractivity contribution >= 4 is 44.0 Å². The number of piperidine rings is 2. The van der Waals surface area contributed by atoms with Gasteiger partial charge < -0.3 is 26.8 Å². The van der Waals surface area contributed by atoms with E-state index in [0.717, 1.165) is 12.8 Å². The lowest BCUT2D eigenvalue weighted by atomic mass is 9.91. The van der Waals surface area contributed by atoms with Crippen molar-refractivity contribution in [1.29, 1.82) is 0 Å². The number of aliphatic hydroxyl groups excluding tert-OH is 1. The molecule has 11 nitrogen and oxygen atoms in total. The van der Waals surface area contributed by atoms with Gasteiger partial charge in [-0.3, -0.25) is 14.5 Å². The highest BCUT2D eigenvalue weighted by Crippen LogP contribution is 2.55. The maximum atomic E-state index is 14.2. The fraction of sp³-hybridized carbons (Fsp3) is 0.531. The van der Waals surface area contributed by atoms with Crippen molar-refractivity contribution in [3.05, 3.63) is 42.1 Å². The molecule has 0 radical (unpaired) electrons. The molecule has 46 heavy (non-hydrogen) atoms. The second-order valence-corrected chi connectivity index (χ2v) is 15.6. The van der Waals surface area contributed by atoms with E-state index in [0.29, 0.717) is 52.2 Å². The van der Waals surface area contributed by atoms with Gasteiger partial charge in [0, 0.05) is 62.8 Å². The Bertz CT molecular complexity index is 1730. The number of sulfonamides is 1. The van der Waals surface area contributed by atoms with Gasteiger partial charge in [-0.2, -0.15) is 0 Å². The smallest absolute Gasteiger partial charge is 0.251 e. The van der Waals surface area contributed by atoms with Crippen LogP contribution in [0, 0.1) is 5.41 Å². The Kier molecular flexibility index (Phi) is 8.94. The first-order chi connectivity index (χ1) is 21.2. The first kappa shape index (κ1) is 33.7. The van der Waals surface area contributed by atoms with E-state index in [1.165, 1.54) is 38.8 Å². The Balaban J connectivity index is 0.00000417. The highest BCUT2D eigenvalue weighted by molar-refractivity contribution is 7.94. The summed E-state index contributed by atoms with van der Waals surface area (Å²) in [5, 5.41) is 10.3. The van der Waals surface area contributed by atoms with Crippen LogP contribution in [0.15, 0.2) is 36.5 Å². The lowest BCUT2D eigenvalue weighted by molar-refractivity contribution is -0.0221. The van der Waals surface area contributed by atoms with E-state index >= 15 is 0 Å². The maximum Gasteiger partial charge on any atom is 0.251 e. The second-order valence-electron chi connectivity index (χ2n) is 13.3. The van der Waals surface area contributed by atoms with E-state index in [-0.39, 0.29) is 56.4 Å². The summed E-state index contributed by atoms with van der Waals surface area (Å²) in [5.41, 5.74) is 8.50. The average molecular weight is 660 g/mol. The summed E-state index contributed by atoms with van der Waals surface area (Å²) in [6.07, 6.45) is 5.20. The molecule has 1 saturated carbocycles. The highest BCUT2D eigenvalue weighted by atomic mass is 32.2. The van der Waals surface area contributed by atoms with Crippen molar-refractivity contribution in [3.63, 3.8) is 0 Å². The minimum Gasteiger partial charge on any atom is -0.396 e. The van der Waals surface area contributed by atoms with Crippen LogP contribution in [0.2, 0.25) is 0 Å². The maximum absolute atomic E-state index is 14.2. The Labute approximate surface area is 268 Å². The average Bonchev–Trinajstić information content (AvgIpc) is 3.75. The van der Waals surface area contributed by atoms with Crippen LogP contribution >= 0.6 is 0 Å². The number of anilines is 3. The molecule has 3 aliphatic rings. The predicted octanol–water partition coefficient (Wildman–Crippen LogP) is 5.08. The number of halogens is 2. The molecule has 1 amide bonds. The number of aromatic nitrogens is 2. The molecule has 2 aromatic heterocycles. The fourth-order valence-electron chi connectivity index (χ4n) is 6.49. The molecule has 2 aliphatic heterocycles. The number of carbonyl (C=O) groups excluding carboxylic acids is 1. The molecule has 3 aromatic rings. The molecular formula is C32H43F2N7O4S. The number of nitrogens with zero attached hydrogens (tertiary/aromatic N) is 4. The Hall–Kier alpha value is -3.62. The third kappa shape index (κ3) is 6.34. The zero-order valence-corrected chi connectivity index (χ0v) is 27.2. The number of pyridine rings is 2. The predicted molar refractivity (Wildman–Crippen MR) is 176 cm³/mol. The van der Waals surface area contributed by atoms with E-state index in [1.807, 2.05) is 6.07 Å². The molecule has 250 valence electrons. The van der Waals surface area contributed by atoms with E-state index in [1.54, 1.807) is 23.2 Å². The number of hydrogen-bond donors (Lipinski definition) is 4. The summed E-state index contributed by atoms with van der Waals surface area (Å²) in [6.45, 7) is 4.21. The Morgan fingerprint density at radius 3 is 2.30 bits per heavy atom. The quantitative estimate of drug-likeness (QED) is 0.244. The number of amides is 1. The third-order valence-corrected chi connectivity index (χ3v) is 12.0. The normalized spacial score (nSPS) is 19.2. The molecule has 2 saturated heterocycles. The van der Waals surface area contributed by atoms with Crippen LogP contribution < -0.4 is 26.4 Å². The number of fused-ring (bicyclic) bond motifs is 1. The summed E-state index contributed by atoms with van der Waals surface area (Å²) >= 11 is 0. The molecule has 1 aliphatic carbocycles. The first-order valence-corrected chi connectivity index (χ1v) is 17.0. The van der Waals surface area contributed by atoms with Crippen molar-refractivity contribution in [2.24, 2.45) is 11.1 Å². The van der Waals surface area contributed by atoms with Gasteiger partial charge in [0.2, 0.25) is 10.0 Å². The number of alkyl halides is 2. The number of carbonyl (C=O) groups is 1. The number of rotatable bonds is 9. The minimum absolute atomic E-state index is 0. The molecule has 0 unspecified atom stereocenters. The van der Waals surface area contributed by atoms with Gasteiger partial charge in [0.25, 0.3) is 11.8 Å². The van der Waals surface area contributed by atoms with Crippen molar-refractivity contribution < 1.29 is 27.1 Å². The van der Waals surface area contributed by atoms with Gasteiger partial charge in [-0.1, -0.05) is 6.07 Å². The van der Waals surface area contributed by atoms with Crippen LogP contribution in [0.25, 0.3) is 22.2 Å². The van der Waals surface area contributed by atoms with Gasteiger partial charge in [-0.15, -0.1) is 0 Å². The fourth-order valence-corrected chi connectivity index (χ4v) is 7.59. The molecule has 3 fully saturated rings. The van der Waals surface area contributed by atoms with E-state index in [4.69, 9.17) is 10.7 Å². The highest BCUT2D eigenvalue weighted by Gasteiger charge is 2.45. The molecule has 0 atom stereocenters. The number of aliphatic hydroxyl groups is 1. The molecule has 6 rings (SSSR count). The molecular weight excluding hydrogens is 616 g/mol. The second kappa shape index (κ2) is 12.2. The lowest BCUT2D eigenvalue weighted by Gasteiger charge is -2.37. The van der Waals surface area contributed by atoms with Crippen LogP contribution in [0.1, 0.15) is 69.2 Å². The van der Waals surface area contributed by atoms with Gasteiger partial charge in [0.15, 0.2) is 5.82 Å². The topological polar surface area (TPSA) is 177 Å². The van der Waals surface area contributed by atoms with E-state index in [9.17, 15) is 27.1 Å². The zero-order chi connectivity index (χ0) is 32.2. The number of hydrogen-bond acceptors (Lipinski definition) is 9. The van der Waals surface area contributed by atoms with Crippen molar-refractivity contribution in [3.8, 4) is 11.3 Å². The van der Waals surface area contributed by atoms with Crippen LogP contribution in [-0.4, -0.2) is 72.9 Å². The van der Waals surface area contributed by atoms with Gasteiger partial charge >= 0.3 is 0 Å². The van der Waals surface area contributed by atoms with Gasteiger partial charge in [0.05, 0.1) is 27.4 Å². The molecule has 0 bridgehead atoms. The molecule has 4 heterocycles. The number of nitrogens with two attached hydrogens (primary N) is 1. The number of primary amides is 1.